The molecule has 1 aromatic carbocycles. The highest BCUT2D eigenvalue weighted by molar-refractivity contribution is 8.00. The molecule has 2 aromatic rings. The number of nitrogens with zero attached hydrogens (tertiary/aromatic N) is 2. The van der Waals surface area contributed by atoms with Crippen molar-refractivity contribution in [3.63, 3.8) is 0 Å². The fourth-order valence-electron chi connectivity index (χ4n) is 2.87. The summed E-state index contributed by atoms with van der Waals surface area (Å²) < 4.78 is 1.93. The van der Waals surface area contributed by atoms with Gasteiger partial charge in [0.25, 0.3) is 0 Å². The van der Waals surface area contributed by atoms with Crippen LogP contribution in [0.2, 0.25) is 0 Å². The number of thioether (sulfide) groups is 1. The number of aromatic nitrogens is 2. The van der Waals surface area contributed by atoms with Crippen molar-refractivity contribution in [3.8, 4) is 0 Å². The first kappa shape index (κ1) is 15.2. The molecule has 0 saturated carbocycles. The maximum absolute atomic E-state index is 12.5. The molecule has 1 amide bonds. The molecule has 1 aliphatic carbocycles. The smallest absolute Gasteiger partial charge is 0.233 e. The fourth-order valence-corrected chi connectivity index (χ4v) is 3.71. The van der Waals surface area contributed by atoms with Crippen LogP contribution < -0.4 is 5.32 Å². The molecule has 22 heavy (non-hydrogen) atoms. The van der Waals surface area contributed by atoms with Gasteiger partial charge in [0.05, 0.1) is 11.3 Å². The van der Waals surface area contributed by atoms with Gasteiger partial charge in [-0.25, -0.2) is 4.98 Å². The van der Waals surface area contributed by atoms with Crippen LogP contribution in [0.5, 0.6) is 0 Å². The lowest BCUT2D eigenvalue weighted by molar-refractivity contribution is -0.121. The Morgan fingerprint density at radius 1 is 1.45 bits per heavy atom. The molecule has 5 heteroatoms. The van der Waals surface area contributed by atoms with E-state index in [2.05, 4.69) is 34.6 Å². The van der Waals surface area contributed by atoms with E-state index in [0.717, 1.165) is 24.4 Å². The minimum absolute atomic E-state index is 0.0784. The number of aryl methyl sites for hydroxylation is 2. The van der Waals surface area contributed by atoms with E-state index in [4.69, 9.17) is 0 Å². The summed E-state index contributed by atoms with van der Waals surface area (Å²) in [7, 11) is 1.94. The fraction of sp³-hybridized carbons (Fsp3) is 0.412. The van der Waals surface area contributed by atoms with Gasteiger partial charge in [0.15, 0.2) is 5.16 Å². The van der Waals surface area contributed by atoms with Crippen LogP contribution in [-0.2, 0) is 18.3 Å². The molecule has 1 aromatic heterocycles. The second kappa shape index (κ2) is 6.57. The molecular formula is C17H21N3OS. The van der Waals surface area contributed by atoms with Crippen molar-refractivity contribution in [3.05, 3.63) is 47.8 Å². The second-order valence-electron chi connectivity index (χ2n) is 5.73. The molecule has 3 rings (SSSR count). The summed E-state index contributed by atoms with van der Waals surface area (Å²) in [6.45, 7) is 1.93. The van der Waals surface area contributed by atoms with Gasteiger partial charge in [0, 0.05) is 19.4 Å². The SMILES string of the molecule is CC(Sc1nccn1C)C(=O)NC1CCCc2ccccc21. The summed E-state index contributed by atoms with van der Waals surface area (Å²) in [5.41, 5.74) is 2.64. The minimum atomic E-state index is -0.157. The average molecular weight is 315 g/mol. The van der Waals surface area contributed by atoms with Crippen molar-refractivity contribution in [1.82, 2.24) is 14.9 Å². The van der Waals surface area contributed by atoms with E-state index in [-0.39, 0.29) is 17.2 Å². The van der Waals surface area contributed by atoms with E-state index < -0.39 is 0 Å². The largest absolute Gasteiger partial charge is 0.348 e. The van der Waals surface area contributed by atoms with Crippen LogP contribution in [0.1, 0.15) is 36.9 Å². The number of imidazole rings is 1. The zero-order valence-corrected chi connectivity index (χ0v) is 13.8. The van der Waals surface area contributed by atoms with Gasteiger partial charge in [-0.2, -0.15) is 0 Å². The Bertz CT molecular complexity index is 667. The number of nitrogens with one attached hydrogen (secondary N) is 1. The van der Waals surface area contributed by atoms with E-state index in [9.17, 15) is 4.79 Å². The molecule has 0 saturated heterocycles. The van der Waals surface area contributed by atoms with Gasteiger partial charge in [-0.05, 0) is 37.3 Å². The van der Waals surface area contributed by atoms with Gasteiger partial charge in [0.2, 0.25) is 5.91 Å². The van der Waals surface area contributed by atoms with Crippen LogP contribution in [0, 0.1) is 0 Å². The second-order valence-corrected chi connectivity index (χ2v) is 7.04. The lowest BCUT2D eigenvalue weighted by Crippen LogP contribution is -2.36. The van der Waals surface area contributed by atoms with Gasteiger partial charge >= 0.3 is 0 Å². The Morgan fingerprint density at radius 2 is 2.27 bits per heavy atom. The van der Waals surface area contributed by atoms with Crippen LogP contribution in [0.25, 0.3) is 0 Å². The summed E-state index contributed by atoms with van der Waals surface area (Å²) >= 11 is 1.49. The number of carbonyl (C=O) groups excluding carboxylic acids is 1. The molecular weight excluding hydrogens is 294 g/mol. The summed E-state index contributed by atoms with van der Waals surface area (Å²) in [5, 5.41) is 3.92. The molecule has 2 atom stereocenters. The van der Waals surface area contributed by atoms with E-state index in [0.29, 0.717) is 0 Å². The van der Waals surface area contributed by atoms with E-state index in [1.54, 1.807) is 6.20 Å². The van der Waals surface area contributed by atoms with Crippen LogP contribution in [0.15, 0.2) is 41.8 Å². The number of rotatable bonds is 4. The van der Waals surface area contributed by atoms with Crippen molar-refractivity contribution < 1.29 is 4.79 Å². The number of hydrogen-bond donors (Lipinski definition) is 1. The number of amides is 1. The zero-order chi connectivity index (χ0) is 15.5. The highest BCUT2D eigenvalue weighted by Crippen LogP contribution is 2.30. The number of carbonyl (C=O) groups is 1. The van der Waals surface area contributed by atoms with Crippen LogP contribution in [0.3, 0.4) is 0 Å². The maximum Gasteiger partial charge on any atom is 0.233 e. The van der Waals surface area contributed by atoms with Gasteiger partial charge in [-0.1, -0.05) is 36.0 Å². The van der Waals surface area contributed by atoms with Gasteiger partial charge < -0.3 is 9.88 Å². The van der Waals surface area contributed by atoms with Crippen molar-refractivity contribution in [2.45, 2.75) is 42.6 Å². The van der Waals surface area contributed by atoms with Crippen LogP contribution in [0.4, 0.5) is 0 Å². The van der Waals surface area contributed by atoms with Crippen LogP contribution in [-0.4, -0.2) is 20.7 Å². The summed E-state index contributed by atoms with van der Waals surface area (Å²) in [5.74, 6) is 0.0784. The highest BCUT2D eigenvalue weighted by atomic mass is 32.2. The van der Waals surface area contributed by atoms with Crippen molar-refractivity contribution >= 4 is 17.7 Å². The van der Waals surface area contributed by atoms with Crippen molar-refractivity contribution in [2.24, 2.45) is 7.05 Å². The molecule has 0 radical (unpaired) electrons. The van der Waals surface area contributed by atoms with E-state index >= 15 is 0 Å². The summed E-state index contributed by atoms with van der Waals surface area (Å²) in [6, 6.07) is 8.56. The quantitative estimate of drug-likeness (QED) is 0.882. The van der Waals surface area contributed by atoms with E-state index in [1.165, 1.54) is 22.9 Å². The number of benzene rings is 1. The van der Waals surface area contributed by atoms with E-state index in [1.807, 2.05) is 24.7 Å². The third-order valence-corrected chi connectivity index (χ3v) is 5.29. The highest BCUT2D eigenvalue weighted by Gasteiger charge is 2.24. The third-order valence-electron chi connectivity index (χ3n) is 4.11. The molecule has 116 valence electrons. The molecule has 1 N–H and O–H groups in total. The van der Waals surface area contributed by atoms with Crippen molar-refractivity contribution in [2.75, 3.05) is 0 Å². The molecule has 1 aliphatic rings. The molecule has 0 spiro atoms. The summed E-state index contributed by atoms with van der Waals surface area (Å²) in [6.07, 6.45) is 6.90. The van der Waals surface area contributed by atoms with Gasteiger partial charge in [-0.15, -0.1) is 0 Å². The first-order valence-corrected chi connectivity index (χ1v) is 8.55. The lowest BCUT2D eigenvalue weighted by Gasteiger charge is -2.27. The Kier molecular flexibility index (Phi) is 4.52. The summed E-state index contributed by atoms with van der Waals surface area (Å²) in [4.78, 5) is 16.8. The molecule has 0 bridgehead atoms. The molecule has 1 heterocycles. The maximum atomic E-state index is 12.5. The van der Waals surface area contributed by atoms with Gasteiger partial charge in [-0.3, -0.25) is 4.79 Å². The lowest BCUT2D eigenvalue weighted by atomic mass is 9.88. The predicted octanol–water partition coefficient (Wildman–Crippen LogP) is 3.09. The number of hydrogen-bond acceptors (Lipinski definition) is 3. The van der Waals surface area contributed by atoms with Gasteiger partial charge in [0.1, 0.15) is 0 Å². The molecule has 0 aliphatic heterocycles. The average Bonchev–Trinajstić information content (AvgIpc) is 2.93. The Morgan fingerprint density at radius 3 is 3.05 bits per heavy atom. The standard InChI is InChI=1S/C17H21N3OS/c1-12(22-17-18-10-11-20(17)2)16(21)19-15-9-5-7-13-6-3-4-8-14(13)15/h3-4,6,8,10-12,15H,5,7,9H2,1-2H3,(H,19,21). The minimum Gasteiger partial charge on any atom is -0.348 e. The van der Waals surface area contributed by atoms with Crippen LogP contribution >= 0.6 is 11.8 Å². The zero-order valence-electron chi connectivity index (χ0n) is 13.0. The molecule has 4 nitrogen and oxygen atoms in total. The first-order chi connectivity index (χ1) is 10.6. The Balaban J connectivity index is 1.66. The topological polar surface area (TPSA) is 46.9 Å². The predicted molar refractivity (Wildman–Crippen MR) is 88.8 cm³/mol. The first-order valence-electron chi connectivity index (χ1n) is 7.67. The molecule has 2 unspecified atom stereocenters. The molecule has 0 fully saturated rings. The van der Waals surface area contributed by atoms with Crippen molar-refractivity contribution in [1.29, 1.82) is 0 Å². The monoisotopic (exact) mass is 315 g/mol. The number of fused-ring (bicyclic) bond motifs is 1. The third kappa shape index (κ3) is 3.19. The normalized spacial score (nSPS) is 18.5. The Hall–Kier alpha value is -1.75. The Labute approximate surface area is 135 Å².